The smallest absolute Gasteiger partial charge is 0.166 e. The van der Waals surface area contributed by atoms with Gasteiger partial charge in [0.1, 0.15) is 0 Å². The minimum atomic E-state index is -4.30. The number of benzene rings is 1. The van der Waals surface area contributed by atoms with Crippen LogP contribution in [0.1, 0.15) is 31.3 Å². The van der Waals surface area contributed by atoms with Crippen LogP contribution in [0.4, 0.5) is 13.2 Å². The second kappa shape index (κ2) is 5.29. The van der Waals surface area contributed by atoms with Crippen LogP contribution in [0.15, 0.2) is 30.3 Å². The van der Waals surface area contributed by atoms with Gasteiger partial charge in [-0.25, -0.2) is 0 Å². The number of hydrogen-bond acceptors (Lipinski definition) is 1. The second-order valence-electron chi connectivity index (χ2n) is 4.35. The quantitative estimate of drug-likeness (QED) is 0.595. The van der Waals surface area contributed by atoms with Crippen molar-refractivity contribution in [3.8, 4) is 0 Å². The van der Waals surface area contributed by atoms with Gasteiger partial charge in [0.2, 0.25) is 0 Å². The van der Waals surface area contributed by atoms with Crippen molar-refractivity contribution < 1.29 is 13.2 Å². The lowest BCUT2D eigenvalue weighted by Crippen LogP contribution is -2.06. The summed E-state index contributed by atoms with van der Waals surface area (Å²) < 4.78 is 38.1. The maximum atomic E-state index is 12.7. The van der Waals surface area contributed by atoms with E-state index >= 15 is 0 Å². The number of rotatable bonds is 2. The number of alkyl halides is 4. The van der Waals surface area contributed by atoms with Crippen LogP contribution in [0, 0.1) is 13.8 Å². The van der Waals surface area contributed by atoms with E-state index in [1.807, 2.05) is 19.9 Å². The maximum Gasteiger partial charge on any atom is 0.416 e. The van der Waals surface area contributed by atoms with Crippen LogP contribution in [-0.4, -0.2) is 0 Å². The monoisotopic (exact) mass is 348 g/mol. The van der Waals surface area contributed by atoms with Crippen molar-refractivity contribution in [2.75, 3.05) is 0 Å². The molecule has 102 valence electrons. The summed E-state index contributed by atoms with van der Waals surface area (Å²) in [4.78, 5) is 2.07. The molecule has 0 aliphatic heterocycles. The van der Waals surface area contributed by atoms with E-state index in [1.165, 1.54) is 12.1 Å². The zero-order valence-corrected chi connectivity index (χ0v) is 12.8. The van der Waals surface area contributed by atoms with Crippen LogP contribution < -0.4 is 0 Å². The molecule has 5 heteroatoms. The lowest BCUT2D eigenvalue weighted by atomic mass is 10.0. The Morgan fingerprint density at radius 1 is 1.16 bits per heavy atom. The molecule has 19 heavy (non-hydrogen) atoms. The molecule has 0 bridgehead atoms. The van der Waals surface area contributed by atoms with Crippen LogP contribution in [0.5, 0.6) is 0 Å². The van der Waals surface area contributed by atoms with Crippen molar-refractivity contribution >= 4 is 27.3 Å². The fraction of sp³-hybridized carbons (Fsp3) is 0.286. The Morgan fingerprint density at radius 3 is 2.37 bits per heavy atom. The van der Waals surface area contributed by atoms with Crippen molar-refractivity contribution in [3.05, 3.63) is 56.8 Å². The van der Waals surface area contributed by atoms with Crippen molar-refractivity contribution in [3.63, 3.8) is 0 Å². The lowest BCUT2D eigenvalue weighted by molar-refractivity contribution is -0.137. The van der Waals surface area contributed by atoms with Crippen molar-refractivity contribution in [2.45, 2.75) is 24.9 Å². The average Bonchev–Trinajstić information content (AvgIpc) is 2.66. The van der Waals surface area contributed by atoms with Crippen molar-refractivity contribution in [2.24, 2.45) is 0 Å². The Labute approximate surface area is 122 Å². The van der Waals surface area contributed by atoms with Gasteiger partial charge < -0.3 is 0 Å². The molecular formula is C14H12BrF3S. The van der Waals surface area contributed by atoms with Crippen LogP contribution in [0.2, 0.25) is 0 Å². The highest BCUT2D eigenvalue weighted by molar-refractivity contribution is 9.09. The first kappa shape index (κ1) is 14.6. The number of thiophene rings is 1. The van der Waals surface area contributed by atoms with Gasteiger partial charge in [0, 0.05) is 9.75 Å². The summed E-state index contributed by atoms with van der Waals surface area (Å²) in [6.45, 7) is 3.97. The molecule has 0 saturated heterocycles. The molecule has 0 amide bonds. The topological polar surface area (TPSA) is 0 Å². The number of halogens is 4. The fourth-order valence-electron chi connectivity index (χ4n) is 1.95. The van der Waals surface area contributed by atoms with Crippen molar-refractivity contribution in [1.29, 1.82) is 0 Å². The largest absolute Gasteiger partial charge is 0.416 e. The molecular weight excluding hydrogens is 337 g/mol. The highest BCUT2D eigenvalue weighted by Crippen LogP contribution is 2.38. The van der Waals surface area contributed by atoms with E-state index in [-0.39, 0.29) is 4.83 Å². The summed E-state index contributed by atoms with van der Waals surface area (Å²) in [7, 11) is 0. The van der Waals surface area contributed by atoms with E-state index in [2.05, 4.69) is 15.9 Å². The molecule has 1 heterocycles. The Balaban J connectivity index is 2.39. The molecule has 0 saturated carbocycles. The lowest BCUT2D eigenvalue weighted by Gasteiger charge is -2.13. The van der Waals surface area contributed by atoms with Gasteiger partial charge in [-0.3, -0.25) is 0 Å². The summed E-state index contributed by atoms with van der Waals surface area (Å²) in [5, 5.41) is 0. The van der Waals surface area contributed by atoms with Gasteiger partial charge in [-0.15, -0.1) is 11.3 Å². The standard InChI is InChI=1S/C14H12BrF3S/c1-8-6-12(9(2)19-8)13(15)10-4-3-5-11(7-10)14(16,17)18/h3-7,13H,1-2H3. The first-order valence-corrected chi connectivity index (χ1v) is 7.40. The molecule has 0 aliphatic rings. The highest BCUT2D eigenvalue weighted by atomic mass is 79.9. The SMILES string of the molecule is Cc1cc(C(Br)c2cccc(C(F)(F)F)c2)c(C)s1. The maximum absolute atomic E-state index is 12.7. The van der Waals surface area contributed by atoms with E-state index in [0.717, 1.165) is 21.4 Å². The van der Waals surface area contributed by atoms with Gasteiger partial charge in [-0.1, -0.05) is 34.1 Å². The third-order valence-electron chi connectivity index (χ3n) is 2.86. The Morgan fingerprint density at radius 2 is 1.84 bits per heavy atom. The van der Waals surface area contributed by atoms with Gasteiger partial charge >= 0.3 is 6.18 Å². The van der Waals surface area contributed by atoms with Gasteiger partial charge in [0.05, 0.1) is 10.4 Å². The van der Waals surface area contributed by atoms with E-state index < -0.39 is 11.7 Å². The third-order valence-corrected chi connectivity index (χ3v) is 4.86. The molecule has 1 unspecified atom stereocenters. The zero-order chi connectivity index (χ0) is 14.2. The number of aryl methyl sites for hydroxylation is 2. The molecule has 0 aliphatic carbocycles. The number of hydrogen-bond donors (Lipinski definition) is 0. The van der Waals surface area contributed by atoms with E-state index in [9.17, 15) is 13.2 Å². The predicted molar refractivity (Wildman–Crippen MR) is 76.0 cm³/mol. The van der Waals surface area contributed by atoms with Gasteiger partial charge in [-0.2, -0.15) is 13.2 Å². The molecule has 0 fully saturated rings. The highest BCUT2D eigenvalue weighted by Gasteiger charge is 2.31. The summed E-state index contributed by atoms with van der Waals surface area (Å²) in [5.74, 6) is 0. The first-order valence-electron chi connectivity index (χ1n) is 5.67. The van der Waals surface area contributed by atoms with Crippen LogP contribution in [-0.2, 0) is 6.18 Å². The molecule has 0 nitrogen and oxygen atoms in total. The van der Waals surface area contributed by atoms with E-state index in [1.54, 1.807) is 17.4 Å². The summed E-state index contributed by atoms with van der Waals surface area (Å²) in [6.07, 6.45) is -4.30. The zero-order valence-electron chi connectivity index (χ0n) is 10.4. The van der Waals surface area contributed by atoms with Crippen LogP contribution in [0.25, 0.3) is 0 Å². The first-order chi connectivity index (χ1) is 8.79. The third kappa shape index (κ3) is 3.20. The molecule has 2 aromatic rings. The Hall–Kier alpha value is -0.810. The van der Waals surface area contributed by atoms with Crippen LogP contribution in [0.3, 0.4) is 0 Å². The Bertz CT molecular complexity index is 587. The van der Waals surface area contributed by atoms with Gasteiger partial charge in [0.25, 0.3) is 0 Å². The van der Waals surface area contributed by atoms with Gasteiger partial charge in [-0.05, 0) is 37.1 Å². The molecule has 1 aromatic heterocycles. The van der Waals surface area contributed by atoms with Crippen molar-refractivity contribution in [1.82, 2.24) is 0 Å². The summed E-state index contributed by atoms with van der Waals surface area (Å²) >= 11 is 5.15. The molecule has 1 aromatic carbocycles. The molecule has 1 atom stereocenters. The summed E-state index contributed by atoms with van der Waals surface area (Å²) in [5.41, 5.74) is 1.04. The molecule has 0 N–H and O–H groups in total. The minimum absolute atomic E-state index is 0.209. The second-order valence-corrected chi connectivity index (χ2v) is 6.73. The average molecular weight is 349 g/mol. The van der Waals surface area contributed by atoms with Gasteiger partial charge in [0.15, 0.2) is 0 Å². The summed E-state index contributed by atoms with van der Waals surface area (Å²) in [6, 6.07) is 7.46. The predicted octanol–water partition coefficient (Wildman–Crippen LogP) is 5.87. The minimum Gasteiger partial charge on any atom is -0.166 e. The van der Waals surface area contributed by atoms with Crippen LogP contribution >= 0.6 is 27.3 Å². The van der Waals surface area contributed by atoms with E-state index in [4.69, 9.17) is 0 Å². The molecule has 0 spiro atoms. The fourth-order valence-corrected chi connectivity index (χ4v) is 3.83. The van der Waals surface area contributed by atoms with E-state index in [0.29, 0.717) is 5.56 Å². The Kier molecular flexibility index (Phi) is 4.06. The molecule has 2 rings (SSSR count). The normalized spacial score (nSPS) is 13.6. The molecule has 0 radical (unpaired) electrons.